The van der Waals surface area contributed by atoms with Crippen molar-refractivity contribution < 1.29 is 4.79 Å². The van der Waals surface area contributed by atoms with E-state index in [1.54, 1.807) is 0 Å². The lowest BCUT2D eigenvalue weighted by atomic mass is 10.0. The summed E-state index contributed by atoms with van der Waals surface area (Å²) in [6.45, 7) is 3.69. The first kappa shape index (κ1) is 12.1. The summed E-state index contributed by atoms with van der Waals surface area (Å²) >= 11 is 5.82. The molecular formula is C15H15ClO. The number of hydrogen-bond donors (Lipinski definition) is 0. The van der Waals surface area contributed by atoms with Crippen molar-refractivity contribution in [2.24, 2.45) is 5.92 Å². The predicted octanol–water partition coefficient (Wildman–Crippen LogP) is 4.28. The number of carbonyl (C=O) groups excluding carboxylic acids is 1. The molecule has 1 aliphatic rings. The van der Waals surface area contributed by atoms with Crippen molar-refractivity contribution >= 4 is 23.5 Å². The number of allylic oxidation sites excluding steroid dienone is 2. The SMILES string of the molecule is C=CCC1CCC(=Cc2ccc(Cl)cc2)C1=O. The van der Waals surface area contributed by atoms with Gasteiger partial charge < -0.3 is 0 Å². The second-order valence-electron chi connectivity index (χ2n) is 4.35. The van der Waals surface area contributed by atoms with Crippen LogP contribution in [0.3, 0.4) is 0 Å². The van der Waals surface area contributed by atoms with Gasteiger partial charge in [-0.05, 0) is 48.6 Å². The van der Waals surface area contributed by atoms with E-state index in [1.807, 2.05) is 36.4 Å². The van der Waals surface area contributed by atoms with Crippen LogP contribution < -0.4 is 0 Å². The topological polar surface area (TPSA) is 17.1 Å². The van der Waals surface area contributed by atoms with E-state index >= 15 is 0 Å². The zero-order valence-electron chi connectivity index (χ0n) is 9.66. The van der Waals surface area contributed by atoms with Crippen LogP contribution in [0.4, 0.5) is 0 Å². The molecule has 1 aliphatic carbocycles. The van der Waals surface area contributed by atoms with Gasteiger partial charge in [-0.1, -0.05) is 29.8 Å². The molecule has 1 fully saturated rings. The molecule has 0 N–H and O–H groups in total. The van der Waals surface area contributed by atoms with Crippen molar-refractivity contribution in [1.82, 2.24) is 0 Å². The number of ketones is 1. The molecule has 1 aromatic rings. The molecule has 0 saturated heterocycles. The Morgan fingerprint density at radius 1 is 1.35 bits per heavy atom. The number of carbonyl (C=O) groups is 1. The van der Waals surface area contributed by atoms with E-state index in [9.17, 15) is 4.79 Å². The van der Waals surface area contributed by atoms with Crippen molar-refractivity contribution in [2.75, 3.05) is 0 Å². The van der Waals surface area contributed by atoms with E-state index in [0.717, 1.165) is 35.4 Å². The van der Waals surface area contributed by atoms with Crippen LogP contribution in [0.2, 0.25) is 5.02 Å². The summed E-state index contributed by atoms with van der Waals surface area (Å²) in [6.07, 6.45) is 6.41. The molecule has 0 spiro atoms. The minimum absolute atomic E-state index is 0.144. The van der Waals surface area contributed by atoms with Crippen LogP contribution in [0.1, 0.15) is 24.8 Å². The molecule has 2 heteroatoms. The summed E-state index contributed by atoms with van der Waals surface area (Å²) in [5, 5.41) is 0.717. The molecule has 17 heavy (non-hydrogen) atoms. The van der Waals surface area contributed by atoms with Gasteiger partial charge in [-0.15, -0.1) is 6.58 Å². The van der Waals surface area contributed by atoms with E-state index in [4.69, 9.17) is 11.6 Å². The van der Waals surface area contributed by atoms with Crippen molar-refractivity contribution in [2.45, 2.75) is 19.3 Å². The molecule has 0 amide bonds. The fourth-order valence-electron chi connectivity index (χ4n) is 2.18. The first-order chi connectivity index (χ1) is 8.20. The van der Waals surface area contributed by atoms with Crippen molar-refractivity contribution in [1.29, 1.82) is 0 Å². The summed E-state index contributed by atoms with van der Waals surface area (Å²) in [5.41, 5.74) is 1.97. The molecular weight excluding hydrogens is 232 g/mol. The number of Topliss-reactive ketones (excluding diaryl/α,β-unsaturated/α-hetero) is 1. The van der Waals surface area contributed by atoms with Gasteiger partial charge in [0.05, 0.1) is 0 Å². The zero-order valence-corrected chi connectivity index (χ0v) is 10.4. The van der Waals surface area contributed by atoms with Crippen LogP contribution in [0.5, 0.6) is 0 Å². The van der Waals surface area contributed by atoms with Crippen molar-refractivity contribution in [3.63, 3.8) is 0 Å². The van der Waals surface area contributed by atoms with Gasteiger partial charge in [-0.2, -0.15) is 0 Å². The largest absolute Gasteiger partial charge is 0.294 e. The summed E-state index contributed by atoms with van der Waals surface area (Å²) in [5.74, 6) is 0.422. The molecule has 1 saturated carbocycles. The van der Waals surface area contributed by atoms with Crippen molar-refractivity contribution in [3.8, 4) is 0 Å². The maximum Gasteiger partial charge on any atom is 0.162 e. The fourth-order valence-corrected chi connectivity index (χ4v) is 2.30. The summed E-state index contributed by atoms with van der Waals surface area (Å²) < 4.78 is 0. The highest BCUT2D eigenvalue weighted by Gasteiger charge is 2.27. The Bertz CT molecular complexity index is 456. The summed E-state index contributed by atoms with van der Waals surface area (Å²) in [6, 6.07) is 7.55. The minimum atomic E-state index is 0.144. The Balaban J connectivity index is 2.16. The third-order valence-corrected chi connectivity index (χ3v) is 3.36. The van der Waals surface area contributed by atoms with Crippen molar-refractivity contribution in [3.05, 3.63) is 53.1 Å². The number of halogens is 1. The minimum Gasteiger partial charge on any atom is -0.294 e. The van der Waals surface area contributed by atoms with Crippen LogP contribution in [0, 0.1) is 5.92 Å². The molecule has 2 rings (SSSR count). The Morgan fingerprint density at radius 2 is 2.06 bits per heavy atom. The molecule has 0 radical (unpaired) electrons. The lowest BCUT2D eigenvalue weighted by Crippen LogP contribution is -2.06. The van der Waals surface area contributed by atoms with Crippen LogP contribution in [0.25, 0.3) is 6.08 Å². The highest BCUT2D eigenvalue weighted by molar-refractivity contribution is 6.30. The Morgan fingerprint density at radius 3 is 2.71 bits per heavy atom. The van der Waals surface area contributed by atoms with Gasteiger partial charge in [0, 0.05) is 10.9 Å². The average molecular weight is 247 g/mol. The molecule has 88 valence electrons. The molecule has 1 aromatic carbocycles. The van der Waals surface area contributed by atoms with Gasteiger partial charge in [-0.3, -0.25) is 4.79 Å². The monoisotopic (exact) mass is 246 g/mol. The first-order valence-electron chi connectivity index (χ1n) is 5.82. The molecule has 1 unspecified atom stereocenters. The molecule has 0 heterocycles. The van der Waals surface area contributed by atoms with Gasteiger partial charge in [0.2, 0.25) is 0 Å². The molecule has 1 atom stereocenters. The molecule has 1 nitrogen and oxygen atoms in total. The fraction of sp³-hybridized carbons (Fsp3) is 0.267. The number of rotatable bonds is 3. The summed E-state index contributed by atoms with van der Waals surface area (Å²) in [4.78, 5) is 12.0. The zero-order chi connectivity index (χ0) is 12.3. The van der Waals surface area contributed by atoms with Crippen LogP contribution in [0.15, 0.2) is 42.5 Å². The number of benzene rings is 1. The third kappa shape index (κ3) is 2.86. The van der Waals surface area contributed by atoms with Crippen LogP contribution >= 0.6 is 11.6 Å². The highest BCUT2D eigenvalue weighted by Crippen LogP contribution is 2.30. The number of hydrogen-bond acceptors (Lipinski definition) is 1. The maximum absolute atomic E-state index is 12.0. The Hall–Kier alpha value is -1.34. The predicted molar refractivity (Wildman–Crippen MR) is 72.0 cm³/mol. The molecule has 0 aromatic heterocycles. The van der Waals surface area contributed by atoms with Crippen LogP contribution in [-0.4, -0.2) is 5.78 Å². The maximum atomic E-state index is 12.0. The van der Waals surface area contributed by atoms with Gasteiger partial charge in [0.15, 0.2) is 5.78 Å². The normalized spacial score (nSPS) is 22.1. The third-order valence-electron chi connectivity index (χ3n) is 3.11. The van der Waals surface area contributed by atoms with Gasteiger partial charge >= 0.3 is 0 Å². The second-order valence-corrected chi connectivity index (χ2v) is 4.78. The smallest absolute Gasteiger partial charge is 0.162 e. The molecule has 0 aliphatic heterocycles. The van der Waals surface area contributed by atoms with Gasteiger partial charge in [0.25, 0.3) is 0 Å². The second kappa shape index (κ2) is 5.33. The van der Waals surface area contributed by atoms with E-state index in [2.05, 4.69) is 6.58 Å². The van der Waals surface area contributed by atoms with E-state index in [0.29, 0.717) is 0 Å². The first-order valence-corrected chi connectivity index (χ1v) is 6.20. The van der Waals surface area contributed by atoms with E-state index in [-0.39, 0.29) is 11.7 Å². The van der Waals surface area contributed by atoms with E-state index < -0.39 is 0 Å². The quantitative estimate of drug-likeness (QED) is 0.575. The van der Waals surface area contributed by atoms with Gasteiger partial charge in [-0.25, -0.2) is 0 Å². The van der Waals surface area contributed by atoms with Gasteiger partial charge in [0.1, 0.15) is 0 Å². The Labute approximate surface area is 107 Å². The lowest BCUT2D eigenvalue weighted by Gasteiger charge is -2.02. The average Bonchev–Trinajstić information content (AvgIpc) is 2.65. The Kier molecular flexibility index (Phi) is 3.80. The van der Waals surface area contributed by atoms with Crippen LogP contribution in [-0.2, 0) is 4.79 Å². The standard InChI is InChI=1S/C15H15ClO/c1-2-3-12-6-7-13(15(12)17)10-11-4-8-14(16)9-5-11/h2,4-5,8-10,12H,1,3,6-7H2. The highest BCUT2D eigenvalue weighted by atomic mass is 35.5. The lowest BCUT2D eigenvalue weighted by molar-refractivity contribution is -0.117. The summed E-state index contributed by atoms with van der Waals surface area (Å²) in [7, 11) is 0. The molecule has 0 bridgehead atoms. The van der Waals surface area contributed by atoms with E-state index in [1.165, 1.54) is 0 Å².